The summed E-state index contributed by atoms with van der Waals surface area (Å²) in [6, 6.07) is 17.0. The Morgan fingerprint density at radius 3 is 2.37 bits per heavy atom. The van der Waals surface area contributed by atoms with Gasteiger partial charge in [0.2, 0.25) is 5.91 Å². The molecule has 158 valence electrons. The van der Waals surface area contributed by atoms with E-state index in [2.05, 4.69) is 24.1 Å². The van der Waals surface area contributed by atoms with Crippen LogP contribution in [0.1, 0.15) is 48.7 Å². The maximum Gasteiger partial charge on any atom is 0.258 e. The fraction of sp³-hybridized carbons (Fsp3) is 0.417. The summed E-state index contributed by atoms with van der Waals surface area (Å²) < 4.78 is 6.21. The number of piperidine rings is 1. The molecule has 4 rings (SSSR count). The van der Waals surface area contributed by atoms with E-state index in [9.17, 15) is 9.59 Å². The smallest absolute Gasteiger partial charge is 0.258 e. The van der Waals surface area contributed by atoms with Gasteiger partial charge in [0.1, 0.15) is 11.8 Å². The van der Waals surface area contributed by atoms with Crippen molar-refractivity contribution in [2.75, 3.05) is 26.2 Å². The molecule has 30 heavy (non-hydrogen) atoms. The van der Waals surface area contributed by atoms with Gasteiger partial charge in [0.05, 0.1) is 5.56 Å². The van der Waals surface area contributed by atoms with Crippen LogP contribution in [0, 0.1) is 0 Å². The summed E-state index contributed by atoms with van der Waals surface area (Å²) in [5.41, 5.74) is 0.842. The van der Waals surface area contributed by atoms with E-state index in [1.54, 1.807) is 6.07 Å². The van der Waals surface area contributed by atoms with Crippen molar-refractivity contribution in [2.45, 2.75) is 38.5 Å². The predicted octanol–water partition coefficient (Wildman–Crippen LogP) is 3.21. The second-order valence-electron chi connectivity index (χ2n) is 7.91. The first-order chi connectivity index (χ1) is 14.6. The minimum Gasteiger partial charge on any atom is -0.467 e. The van der Waals surface area contributed by atoms with Gasteiger partial charge in [-0.25, -0.2) is 0 Å². The number of nitrogens with one attached hydrogen (secondary N) is 1. The van der Waals surface area contributed by atoms with Crippen molar-refractivity contribution in [3.63, 3.8) is 0 Å². The number of amides is 2. The van der Waals surface area contributed by atoms with Crippen LogP contribution in [0.15, 0.2) is 54.6 Å². The lowest BCUT2D eigenvalue weighted by atomic mass is 9.95. The van der Waals surface area contributed by atoms with Gasteiger partial charge < -0.3 is 15.0 Å². The zero-order valence-electron chi connectivity index (χ0n) is 17.6. The number of carbonyl (C=O) groups excluding carboxylic acids is 2. The minimum absolute atomic E-state index is 0.109. The summed E-state index contributed by atoms with van der Waals surface area (Å²) in [5, 5.41) is 3.04. The molecule has 6 heteroatoms. The Morgan fingerprint density at radius 1 is 1.07 bits per heavy atom. The Kier molecular flexibility index (Phi) is 5.77. The van der Waals surface area contributed by atoms with Crippen molar-refractivity contribution >= 4 is 11.8 Å². The summed E-state index contributed by atoms with van der Waals surface area (Å²) in [6.45, 7) is 6.87. The van der Waals surface area contributed by atoms with Crippen LogP contribution in [-0.4, -0.2) is 53.5 Å². The molecule has 0 aliphatic carbocycles. The number of hydrogen-bond acceptors (Lipinski definition) is 4. The topological polar surface area (TPSA) is 61.9 Å². The van der Waals surface area contributed by atoms with Crippen LogP contribution in [0.2, 0.25) is 0 Å². The summed E-state index contributed by atoms with van der Waals surface area (Å²) >= 11 is 0. The van der Waals surface area contributed by atoms with Gasteiger partial charge in [0, 0.05) is 25.9 Å². The fourth-order valence-corrected chi connectivity index (χ4v) is 4.48. The van der Waals surface area contributed by atoms with Crippen LogP contribution < -0.4 is 10.1 Å². The number of hydrogen-bond donors (Lipinski definition) is 1. The molecule has 1 fully saturated rings. The number of fused-ring (bicyclic) bond motifs is 1. The molecule has 2 heterocycles. The van der Waals surface area contributed by atoms with Gasteiger partial charge >= 0.3 is 0 Å². The predicted molar refractivity (Wildman–Crippen MR) is 115 cm³/mol. The first kappa shape index (κ1) is 20.4. The number of nitrogens with zero attached hydrogens (tertiary/aromatic N) is 2. The van der Waals surface area contributed by atoms with Crippen LogP contribution in [0.5, 0.6) is 5.75 Å². The van der Waals surface area contributed by atoms with Gasteiger partial charge in [0.15, 0.2) is 5.72 Å². The molecule has 2 aliphatic rings. The van der Waals surface area contributed by atoms with Crippen LogP contribution in [0.3, 0.4) is 0 Å². The second kappa shape index (κ2) is 8.48. The van der Waals surface area contributed by atoms with Crippen molar-refractivity contribution in [2.24, 2.45) is 0 Å². The van der Waals surface area contributed by atoms with Gasteiger partial charge in [-0.05, 0) is 30.8 Å². The lowest BCUT2D eigenvalue weighted by Crippen LogP contribution is -2.62. The quantitative estimate of drug-likeness (QED) is 0.827. The summed E-state index contributed by atoms with van der Waals surface area (Å²) in [4.78, 5) is 30.2. The van der Waals surface area contributed by atoms with Crippen molar-refractivity contribution in [3.8, 4) is 5.75 Å². The molecule has 1 N–H and O–H groups in total. The third-order valence-electron chi connectivity index (χ3n) is 6.19. The molecule has 0 saturated carbocycles. The van der Waals surface area contributed by atoms with Gasteiger partial charge in [0.25, 0.3) is 5.91 Å². The Bertz CT molecular complexity index is 903. The number of carbonyl (C=O) groups is 2. The lowest BCUT2D eigenvalue weighted by molar-refractivity contribution is -0.141. The molecule has 2 amide bonds. The van der Waals surface area contributed by atoms with E-state index in [1.165, 1.54) is 0 Å². The fourth-order valence-electron chi connectivity index (χ4n) is 4.48. The van der Waals surface area contributed by atoms with Gasteiger partial charge in [-0.15, -0.1) is 0 Å². The SMILES string of the molecule is CCN(CC)[C@H](C(=O)N1CCC2(CC1)NC(=O)c1ccccc1O2)c1ccccc1. The van der Waals surface area contributed by atoms with Crippen molar-refractivity contribution in [1.29, 1.82) is 0 Å². The van der Waals surface area contributed by atoms with Gasteiger partial charge in [-0.1, -0.05) is 56.3 Å². The van der Waals surface area contributed by atoms with E-state index in [0.29, 0.717) is 37.2 Å². The van der Waals surface area contributed by atoms with Crippen molar-refractivity contribution in [3.05, 3.63) is 65.7 Å². The molecule has 0 unspecified atom stereocenters. The molecule has 1 spiro atoms. The molecule has 2 aromatic rings. The van der Waals surface area contributed by atoms with Crippen LogP contribution in [0.4, 0.5) is 0 Å². The monoisotopic (exact) mass is 407 g/mol. The third kappa shape index (κ3) is 3.79. The molecule has 2 aromatic carbocycles. The molecule has 6 nitrogen and oxygen atoms in total. The highest BCUT2D eigenvalue weighted by molar-refractivity contribution is 5.98. The highest BCUT2D eigenvalue weighted by Gasteiger charge is 2.44. The largest absolute Gasteiger partial charge is 0.467 e. The number of likely N-dealkylation sites (N-methyl/N-ethyl adjacent to an activating group) is 1. The minimum atomic E-state index is -0.736. The van der Waals surface area contributed by atoms with Crippen LogP contribution in [0.25, 0.3) is 0 Å². The average molecular weight is 408 g/mol. The second-order valence-corrected chi connectivity index (χ2v) is 7.91. The average Bonchev–Trinajstić information content (AvgIpc) is 2.78. The molecule has 0 aromatic heterocycles. The molecular weight excluding hydrogens is 378 g/mol. The molecule has 1 saturated heterocycles. The molecule has 2 aliphatic heterocycles. The number of rotatable bonds is 5. The summed E-state index contributed by atoms with van der Waals surface area (Å²) in [6.07, 6.45) is 1.14. The van der Waals surface area contributed by atoms with E-state index in [4.69, 9.17) is 4.74 Å². The Labute approximate surface area is 177 Å². The zero-order chi connectivity index (χ0) is 21.1. The lowest BCUT2D eigenvalue weighted by Gasteiger charge is -2.45. The first-order valence-electron chi connectivity index (χ1n) is 10.7. The van der Waals surface area contributed by atoms with E-state index in [0.717, 1.165) is 18.7 Å². The number of para-hydroxylation sites is 1. The van der Waals surface area contributed by atoms with Gasteiger partial charge in [-0.3, -0.25) is 14.5 Å². The Balaban J connectivity index is 1.50. The molecule has 0 radical (unpaired) electrons. The number of likely N-dealkylation sites (tertiary alicyclic amines) is 1. The maximum atomic E-state index is 13.5. The Morgan fingerprint density at radius 2 is 1.70 bits per heavy atom. The van der Waals surface area contributed by atoms with E-state index in [-0.39, 0.29) is 17.9 Å². The van der Waals surface area contributed by atoms with E-state index >= 15 is 0 Å². The zero-order valence-corrected chi connectivity index (χ0v) is 17.6. The first-order valence-corrected chi connectivity index (χ1v) is 10.7. The third-order valence-corrected chi connectivity index (χ3v) is 6.19. The normalized spacial score (nSPS) is 18.5. The maximum absolute atomic E-state index is 13.5. The molecular formula is C24H29N3O3. The van der Waals surface area contributed by atoms with Crippen molar-refractivity contribution in [1.82, 2.24) is 15.1 Å². The van der Waals surface area contributed by atoms with Crippen LogP contribution in [-0.2, 0) is 4.79 Å². The van der Waals surface area contributed by atoms with Gasteiger partial charge in [-0.2, -0.15) is 0 Å². The number of ether oxygens (including phenoxy) is 1. The highest BCUT2D eigenvalue weighted by atomic mass is 16.5. The molecule has 0 bridgehead atoms. The highest BCUT2D eigenvalue weighted by Crippen LogP contribution is 2.34. The van der Waals surface area contributed by atoms with E-state index < -0.39 is 5.72 Å². The van der Waals surface area contributed by atoms with E-state index in [1.807, 2.05) is 53.4 Å². The summed E-state index contributed by atoms with van der Waals surface area (Å²) in [5.74, 6) is 0.621. The van der Waals surface area contributed by atoms with Crippen LogP contribution >= 0.6 is 0 Å². The Hall–Kier alpha value is -2.86. The van der Waals surface area contributed by atoms with Crippen molar-refractivity contribution < 1.29 is 14.3 Å². The standard InChI is InChI=1S/C24H29N3O3/c1-3-26(4-2)21(18-10-6-5-7-11-18)23(29)27-16-14-24(15-17-27)25-22(28)19-12-8-9-13-20(19)30-24/h5-13,21H,3-4,14-17H2,1-2H3,(H,25,28)/t21-/m0/s1. The number of benzene rings is 2. The molecule has 1 atom stereocenters. The summed E-state index contributed by atoms with van der Waals surface area (Å²) in [7, 11) is 0.